The smallest absolute Gasteiger partial charge is 0.144 e. The monoisotopic (exact) mass is 391 g/mol. The predicted molar refractivity (Wildman–Crippen MR) is 119 cm³/mol. The van der Waals surface area contributed by atoms with Gasteiger partial charge in [-0.25, -0.2) is 0 Å². The molecule has 0 unspecified atom stereocenters. The summed E-state index contributed by atoms with van der Waals surface area (Å²) in [5.74, 6) is 0.651. The number of nitrogens with one attached hydrogen (secondary N) is 2. The van der Waals surface area contributed by atoms with E-state index in [1.807, 2.05) is 6.07 Å². The Labute approximate surface area is 169 Å². The number of hydrogen-bond donors (Lipinski definition) is 3. The molecule has 0 aliphatic carbocycles. The van der Waals surface area contributed by atoms with Gasteiger partial charge in [0, 0.05) is 67.8 Å². The lowest BCUT2D eigenvalue weighted by molar-refractivity contribution is 0.417. The first-order chi connectivity index (χ1) is 14.2. The summed E-state index contributed by atoms with van der Waals surface area (Å²) < 4.78 is 5.51. The number of rotatable bonds is 5. The third-order valence-electron chi connectivity index (χ3n) is 5.05. The average molecular weight is 391 g/mol. The van der Waals surface area contributed by atoms with Crippen molar-refractivity contribution in [3.05, 3.63) is 42.1 Å². The van der Waals surface area contributed by atoms with Crippen LogP contribution in [0.25, 0.3) is 10.9 Å². The average Bonchev–Trinajstić information content (AvgIpc) is 2.76. The number of piperazine rings is 1. The van der Waals surface area contributed by atoms with Crippen molar-refractivity contribution in [1.82, 2.24) is 15.5 Å². The molecule has 29 heavy (non-hydrogen) atoms. The van der Waals surface area contributed by atoms with Gasteiger partial charge in [0.1, 0.15) is 5.75 Å². The second kappa shape index (κ2) is 8.32. The number of nitrogens with zero attached hydrogens (tertiary/aromatic N) is 4. The molecular formula is C21H25N7O. The van der Waals surface area contributed by atoms with Crippen LogP contribution in [0.2, 0.25) is 0 Å². The molecule has 1 aromatic heterocycles. The summed E-state index contributed by atoms with van der Waals surface area (Å²) in [5.41, 5.74) is 11.2. The van der Waals surface area contributed by atoms with E-state index in [2.05, 4.69) is 48.9 Å². The molecule has 150 valence electrons. The van der Waals surface area contributed by atoms with Crippen LogP contribution in [0.4, 0.5) is 22.7 Å². The van der Waals surface area contributed by atoms with E-state index >= 15 is 0 Å². The van der Waals surface area contributed by atoms with Gasteiger partial charge < -0.3 is 26.0 Å². The fourth-order valence-corrected chi connectivity index (χ4v) is 3.54. The summed E-state index contributed by atoms with van der Waals surface area (Å²) in [4.78, 5) is 6.43. The Kier molecular flexibility index (Phi) is 5.44. The molecule has 3 aromatic rings. The van der Waals surface area contributed by atoms with Gasteiger partial charge in [-0.15, -0.1) is 0 Å². The van der Waals surface area contributed by atoms with Gasteiger partial charge in [-0.3, -0.25) is 4.99 Å². The van der Waals surface area contributed by atoms with Crippen molar-refractivity contribution in [3.8, 4) is 5.75 Å². The van der Waals surface area contributed by atoms with Crippen LogP contribution in [0.1, 0.15) is 5.56 Å². The van der Waals surface area contributed by atoms with Gasteiger partial charge in [0.15, 0.2) is 0 Å². The molecule has 0 bridgehead atoms. The van der Waals surface area contributed by atoms with Gasteiger partial charge in [-0.2, -0.15) is 10.2 Å². The number of methoxy groups -OCH3 is 1. The molecule has 4 rings (SSSR count). The number of anilines is 4. The molecule has 4 N–H and O–H groups in total. The number of aromatic nitrogens is 2. The molecule has 1 fully saturated rings. The largest absolute Gasteiger partial charge is 0.494 e. The molecule has 0 atom stereocenters. The third kappa shape index (κ3) is 3.93. The first-order valence-electron chi connectivity index (χ1n) is 9.57. The van der Waals surface area contributed by atoms with Crippen molar-refractivity contribution >= 4 is 39.9 Å². The van der Waals surface area contributed by atoms with E-state index in [1.165, 1.54) is 0 Å². The zero-order chi connectivity index (χ0) is 20.2. The number of nitrogen functional groups attached to an aromatic ring is 1. The van der Waals surface area contributed by atoms with Crippen LogP contribution in [-0.4, -0.2) is 56.7 Å². The van der Waals surface area contributed by atoms with Crippen LogP contribution in [0.3, 0.4) is 0 Å². The summed E-state index contributed by atoms with van der Waals surface area (Å²) in [6.07, 6.45) is 3.44. The number of hydrogen-bond acceptors (Lipinski definition) is 8. The van der Waals surface area contributed by atoms with Crippen molar-refractivity contribution in [2.45, 2.75) is 0 Å². The summed E-state index contributed by atoms with van der Waals surface area (Å²) >= 11 is 0. The molecule has 2 aromatic carbocycles. The molecule has 8 heteroatoms. The predicted octanol–water partition coefficient (Wildman–Crippen LogP) is 2.42. The first-order valence-corrected chi connectivity index (χ1v) is 9.57. The molecule has 0 spiro atoms. The van der Waals surface area contributed by atoms with Crippen LogP contribution in [-0.2, 0) is 0 Å². The van der Waals surface area contributed by atoms with E-state index < -0.39 is 0 Å². The third-order valence-corrected chi connectivity index (χ3v) is 5.05. The Morgan fingerprint density at radius 3 is 2.79 bits per heavy atom. The quantitative estimate of drug-likeness (QED) is 0.454. The SMILES string of the molecule is CN=Cc1cc(Nc2cnnc3cc(N4CCNCC4)ccc23)c(OC)cc1N. The molecule has 1 saturated heterocycles. The zero-order valence-corrected chi connectivity index (χ0v) is 16.6. The Bertz CT molecular complexity index is 1040. The number of ether oxygens (including phenoxy) is 1. The van der Waals surface area contributed by atoms with E-state index in [0.717, 1.165) is 59.7 Å². The lowest BCUT2D eigenvalue weighted by Gasteiger charge is -2.29. The molecule has 2 heterocycles. The standard InChI is InChI=1S/C21H25N7O/c1-23-12-14-9-19(21(29-2)11-17(14)22)26-20-13-25-27-18-10-15(3-4-16(18)20)28-7-5-24-6-8-28/h3-4,9-13,24H,5-8,22H2,1-2H3,(H,26,27). The Hall–Kier alpha value is -3.39. The van der Waals surface area contributed by atoms with Crippen LogP contribution < -0.4 is 26.0 Å². The first kappa shape index (κ1) is 18.9. The van der Waals surface area contributed by atoms with Gasteiger partial charge in [0.05, 0.1) is 30.2 Å². The highest BCUT2D eigenvalue weighted by molar-refractivity contribution is 5.96. The number of benzene rings is 2. The Morgan fingerprint density at radius 2 is 2.03 bits per heavy atom. The molecule has 1 aliphatic rings. The maximum atomic E-state index is 6.09. The van der Waals surface area contributed by atoms with Gasteiger partial charge in [0.2, 0.25) is 0 Å². The topological polar surface area (TPSA) is 101 Å². The summed E-state index contributed by atoms with van der Waals surface area (Å²) in [6, 6.07) is 10.0. The number of fused-ring (bicyclic) bond motifs is 1. The van der Waals surface area contributed by atoms with Crippen molar-refractivity contribution in [1.29, 1.82) is 0 Å². The van der Waals surface area contributed by atoms with Crippen molar-refractivity contribution in [2.75, 3.05) is 56.3 Å². The van der Waals surface area contributed by atoms with Gasteiger partial charge in [0.25, 0.3) is 0 Å². The van der Waals surface area contributed by atoms with Gasteiger partial charge >= 0.3 is 0 Å². The fourth-order valence-electron chi connectivity index (χ4n) is 3.54. The van der Waals surface area contributed by atoms with E-state index in [9.17, 15) is 0 Å². The second-order valence-electron chi connectivity index (χ2n) is 6.89. The summed E-state index contributed by atoms with van der Waals surface area (Å²) in [6.45, 7) is 3.96. The molecule has 1 aliphatic heterocycles. The molecule has 0 saturated carbocycles. The molecule has 8 nitrogen and oxygen atoms in total. The van der Waals surface area contributed by atoms with Crippen molar-refractivity contribution in [3.63, 3.8) is 0 Å². The van der Waals surface area contributed by atoms with Gasteiger partial charge in [-0.1, -0.05) is 0 Å². The number of nitrogens with two attached hydrogens (primary N) is 1. The molecule has 0 amide bonds. The van der Waals surface area contributed by atoms with Crippen molar-refractivity contribution in [2.24, 2.45) is 4.99 Å². The van der Waals surface area contributed by atoms with E-state index in [-0.39, 0.29) is 0 Å². The van der Waals surface area contributed by atoms with E-state index in [4.69, 9.17) is 10.5 Å². The van der Waals surface area contributed by atoms with Crippen LogP contribution in [0.5, 0.6) is 5.75 Å². The van der Waals surface area contributed by atoms with Crippen LogP contribution >= 0.6 is 0 Å². The minimum atomic E-state index is 0.608. The molecule has 0 radical (unpaired) electrons. The van der Waals surface area contributed by atoms with E-state index in [0.29, 0.717) is 11.4 Å². The highest BCUT2D eigenvalue weighted by Crippen LogP contribution is 2.34. The Morgan fingerprint density at radius 1 is 1.21 bits per heavy atom. The molecular weight excluding hydrogens is 366 g/mol. The summed E-state index contributed by atoms with van der Waals surface area (Å²) in [5, 5.41) is 16.3. The van der Waals surface area contributed by atoms with Crippen LogP contribution in [0.15, 0.2) is 41.5 Å². The zero-order valence-electron chi connectivity index (χ0n) is 16.6. The minimum absolute atomic E-state index is 0.608. The highest BCUT2D eigenvalue weighted by Gasteiger charge is 2.14. The van der Waals surface area contributed by atoms with Crippen molar-refractivity contribution < 1.29 is 4.74 Å². The summed E-state index contributed by atoms with van der Waals surface area (Å²) in [7, 11) is 3.34. The Balaban J connectivity index is 1.70. The van der Waals surface area contributed by atoms with Gasteiger partial charge in [-0.05, 0) is 24.3 Å². The highest BCUT2D eigenvalue weighted by atomic mass is 16.5. The second-order valence-corrected chi connectivity index (χ2v) is 6.89. The number of aliphatic imine (C=N–C) groups is 1. The van der Waals surface area contributed by atoms with E-state index in [1.54, 1.807) is 32.6 Å². The lowest BCUT2D eigenvalue weighted by atomic mass is 10.1. The minimum Gasteiger partial charge on any atom is -0.494 e. The maximum absolute atomic E-state index is 6.09. The fraction of sp³-hybridized carbons (Fsp3) is 0.286. The normalized spacial score (nSPS) is 14.5. The van der Waals surface area contributed by atoms with Crippen LogP contribution in [0, 0.1) is 0 Å². The maximum Gasteiger partial charge on any atom is 0.144 e. The lowest BCUT2D eigenvalue weighted by Crippen LogP contribution is -2.43.